The van der Waals surface area contributed by atoms with Crippen LogP contribution in [0.3, 0.4) is 0 Å². The number of methoxy groups -OCH3 is 1. The van der Waals surface area contributed by atoms with Crippen molar-refractivity contribution in [2.45, 2.75) is 26.8 Å². The molecule has 0 aliphatic rings. The summed E-state index contributed by atoms with van der Waals surface area (Å²) in [5, 5.41) is 6.99. The zero-order chi connectivity index (χ0) is 12.1. The third kappa shape index (κ3) is 3.06. The summed E-state index contributed by atoms with van der Waals surface area (Å²) in [6.45, 7) is 7.02. The van der Waals surface area contributed by atoms with E-state index in [-0.39, 0.29) is 11.9 Å². The van der Waals surface area contributed by atoms with Crippen LogP contribution in [0.5, 0.6) is 0 Å². The van der Waals surface area contributed by atoms with Crippen molar-refractivity contribution in [3.05, 3.63) is 17.5 Å². The molecule has 1 amide bonds. The van der Waals surface area contributed by atoms with Crippen LogP contribution in [0.2, 0.25) is 0 Å². The summed E-state index contributed by atoms with van der Waals surface area (Å²) in [6.07, 6.45) is 0. The maximum absolute atomic E-state index is 11.7. The molecule has 0 unspecified atom stereocenters. The number of aromatic nitrogens is 2. The fourth-order valence-electron chi connectivity index (χ4n) is 1.48. The van der Waals surface area contributed by atoms with Crippen LogP contribution in [0, 0.1) is 6.92 Å². The average Bonchev–Trinajstić information content (AvgIpc) is 2.60. The lowest BCUT2D eigenvalue weighted by Gasteiger charge is -2.07. The van der Waals surface area contributed by atoms with Gasteiger partial charge in [-0.1, -0.05) is 0 Å². The Morgan fingerprint density at radius 3 is 2.81 bits per heavy atom. The first-order valence-corrected chi connectivity index (χ1v) is 5.39. The third-order valence-corrected chi connectivity index (χ3v) is 2.24. The molecule has 1 rings (SSSR count). The predicted octanol–water partition coefficient (Wildman–Crippen LogP) is 1.15. The molecular formula is C11H19N3O2. The summed E-state index contributed by atoms with van der Waals surface area (Å²) in [6, 6.07) is 2.06. The minimum Gasteiger partial charge on any atom is -0.383 e. The maximum atomic E-state index is 11.7. The molecule has 0 atom stereocenters. The molecule has 1 heterocycles. The number of rotatable bonds is 5. The molecule has 0 aromatic carbocycles. The van der Waals surface area contributed by atoms with Crippen molar-refractivity contribution < 1.29 is 9.53 Å². The van der Waals surface area contributed by atoms with Gasteiger partial charge in [0.05, 0.1) is 6.61 Å². The first-order valence-electron chi connectivity index (χ1n) is 5.39. The summed E-state index contributed by atoms with van der Waals surface area (Å²) < 4.78 is 6.69. The van der Waals surface area contributed by atoms with Crippen molar-refractivity contribution >= 4 is 5.91 Å². The van der Waals surface area contributed by atoms with E-state index in [1.807, 2.05) is 25.5 Å². The van der Waals surface area contributed by atoms with Crippen molar-refractivity contribution in [2.24, 2.45) is 0 Å². The van der Waals surface area contributed by atoms with Crippen molar-refractivity contribution in [3.8, 4) is 0 Å². The number of ether oxygens (including phenoxy) is 1. The molecule has 0 spiro atoms. The quantitative estimate of drug-likeness (QED) is 0.765. The molecule has 0 aliphatic heterocycles. The fourth-order valence-corrected chi connectivity index (χ4v) is 1.48. The largest absolute Gasteiger partial charge is 0.383 e. The number of amides is 1. The average molecular weight is 225 g/mol. The number of carbonyl (C=O) groups excluding carboxylic acids is 1. The minimum atomic E-state index is -0.153. The van der Waals surface area contributed by atoms with Gasteiger partial charge in [-0.05, 0) is 26.8 Å². The lowest BCUT2D eigenvalue weighted by molar-refractivity contribution is 0.0931. The highest BCUT2D eigenvalue weighted by molar-refractivity contribution is 5.92. The number of hydrogen-bond acceptors (Lipinski definition) is 3. The van der Waals surface area contributed by atoms with Gasteiger partial charge >= 0.3 is 0 Å². The topological polar surface area (TPSA) is 56.1 Å². The molecule has 5 heteroatoms. The molecule has 0 saturated carbocycles. The van der Waals surface area contributed by atoms with E-state index >= 15 is 0 Å². The Morgan fingerprint density at radius 2 is 2.31 bits per heavy atom. The van der Waals surface area contributed by atoms with Crippen LogP contribution < -0.4 is 5.32 Å². The predicted molar refractivity (Wildman–Crippen MR) is 61.6 cm³/mol. The molecule has 90 valence electrons. The van der Waals surface area contributed by atoms with E-state index in [1.165, 1.54) is 0 Å². The molecule has 1 aromatic rings. The van der Waals surface area contributed by atoms with Gasteiger partial charge in [0, 0.05) is 25.4 Å². The minimum absolute atomic E-state index is 0.153. The Hall–Kier alpha value is -1.36. The standard InChI is InChI=1S/C11H19N3O2/c1-8(2)14-9(3)7-10(13-14)11(15)12-5-6-16-4/h7-8H,5-6H2,1-4H3,(H,12,15). The number of nitrogens with one attached hydrogen (secondary N) is 1. The number of aryl methyl sites for hydroxylation is 1. The Kier molecular flexibility index (Phi) is 4.49. The van der Waals surface area contributed by atoms with Gasteiger partial charge in [0.25, 0.3) is 5.91 Å². The van der Waals surface area contributed by atoms with Crippen LogP contribution in [0.1, 0.15) is 36.1 Å². The molecule has 5 nitrogen and oxygen atoms in total. The second kappa shape index (κ2) is 5.65. The zero-order valence-corrected chi connectivity index (χ0v) is 10.3. The number of hydrogen-bond donors (Lipinski definition) is 1. The van der Waals surface area contributed by atoms with Crippen LogP contribution in [0.15, 0.2) is 6.07 Å². The monoisotopic (exact) mass is 225 g/mol. The van der Waals surface area contributed by atoms with Crippen LogP contribution in [-0.4, -0.2) is 35.9 Å². The number of carbonyl (C=O) groups is 1. The van der Waals surface area contributed by atoms with Crippen molar-refractivity contribution in [1.29, 1.82) is 0 Å². The van der Waals surface area contributed by atoms with E-state index in [1.54, 1.807) is 13.2 Å². The molecule has 0 fully saturated rings. The van der Waals surface area contributed by atoms with Crippen molar-refractivity contribution in [1.82, 2.24) is 15.1 Å². The van der Waals surface area contributed by atoms with E-state index in [0.29, 0.717) is 18.8 Å². The molecule has 0 radical (unpaired) electrons. The van der Waals surface area contributed by atoms with Crippen LogP contribution in [-0.2, 0) is 4.74 Å². The molecule has 1 N–H and O–H groups in total. The second-order valence-electron chi connectivity index (χ2n) is 3.96. The molecule has 16 heavy (non-hydrogen) atoms. The molecule has 0 aliphatic carbocycles. The highest BCUT2D eigenvalue weighted by Gasteiger charge is 2.12. The normalized spacial score (nSPS) is 10.8. The molecule has 0 bridgehead atoms. The maximum Gasteiger partial charge on any atom is 0.271 e. The summed E-state index contributed by atoms with van der Waals surface area (Å²) in [5.41, 5.74) is 1.45. The van der Waals surface area contributed by atoms with Gasteiger partial charge in [0.15, 0.2) is 0 Å². The molecule has 1 aromatic heterocycles. The first kappa shape index (κ1) is 12.7. The van der Waals surface area contributed by atoms with Crippen LogP contribution in [0.4, 0.5) is 0 Å². The smallest absolute Gasteiger partial charge is 0.271 e. The van der Waals surface area contributed by atoms with Gasteiger partial charge in [-0.25, -0.2) is 0 Å². The highest BCUT2D eigenvalue weighted by atomic mass is 16.5. The van der Waals surface area contributed by atoms with Crippen molar-refractivity contribution in [3.63, 3.8) is 0 Å². The summed E-state index contributed by atoms with van der Waals surface area (Å²) in [5.74, 6) is -0.153. The van der Waals surface area contributed by atoms with Gasteiger partial charge in [-0.15, -0.1) is 0 Å². The van der Waals surface area contributed by atoms with Gasteiger partial charge in [-0.3, -0.25) is 9.48 Å². The fraction of sp³-hybridized carbons (Fsp3) is 0.636. The van der Waals surface area contributed by atoms with E-state index < -0.39 is 0 Å². The van der Waals surface area contributed by atoms with E-state index in [4.69, 9.17) is 4.74 Å². The third-order valence-electron chi connectivity index (χ3n) is 2.24. The van der Waals surface area contributed by atoms with Crippen LogP contribution in [0.25, 0.3) is 0 Å². The van der Waals surface area contributed by atoms with Gasteiger partial charge in [0.2, 0.25) is 0 Å². The lowest BCUT2D eigenvalue weighted by Crippen LogP contribution is -2.27. The second-order valence-corrected chi connectivity index (χ2v) is 3.96. The first-order chi connectivity index (χ1) is 7.56. The van der Waals surface area contributed by atoms with Gasteiger partial charge < -0.3 is 10.1 Å². The SMILES string of the molecule is COCCNC(=O)c1cc(C)n(C(C)C)n1. The highest BCUT2D eigenvalue weighted by Crippen LogP contribution is 2.09. The summed E-state index contributed by atoms with van der Waals surface area (Å²) in [4.78, 5) is 11.7. The Morgan fingerprint density at radius 1 is 1.62 bits per heavy atom. The lowest BCUT2D eigenvalue weighted by atomic mass is 10.3. The van der Waals surface area contributed by atoms with E-state index in [9.17, 15) is 4.79 Å². The van der Waals surface area contributed by atoms with Gasteiger partial charge in [-0.2, -0.15) is 5.10 Å². The van der Waals surface area contributed by atoms with Crippen LogP contribution >= 0.6 is 0 Å². The van der Waals surface area contributed by atoms with Gasteiger partial charge in [0.1, 0.15) is 5.69 Å². The number of nitrogens with zero attached hydrogens (tertiary/aromatic N) is 2. The summed E-state index contributed by atoms with van der Waals surface area (Å²) in [7, 11) is 1.60. The zero-order valence-electron chi connectivity index (χ0n) is 10.3. The van der Waals surface area contributed by atoms with E-state index in [2.05, 4.69) is 10.4 Å². The Bertz CT molecular complexity index is 358. The summed E-state index contributed by atoms with van der Waals surface area (Å²) >= 11 is 0. The molecular weight excluding hydrogens is 206 g/mol. The van der Waals surface area contributed by atoms with Crippen molar-refractivity contribution in [2.75, 3.05) is 20.3 Å². The molecule has 0 saturated heterocycles. The van der Waals surface area contributed by atoms with E-state index in [0.717, 1.165) is 5.69 Å². The Balaban J connectivity index is 2.66. The Labute approximate surface area is 95.8 Å².